The molecule has 1 aliphatic carbocycles. The number of aldehydes is 1. The van der Waals surface area contributed by atoms with E-state index in [4.69, 9.17) is 0 Å². The van der Waals surface area contributed by atoms with Crippen LogP contribution in [0.4, 0.5) is 0 Å². The molecule has 0 atom stereocenters. The number of hydrogen-bond acceptors (Lipinski definition) is 1. The molecule has 1 saturated carbocycles. The summed E-state index contributed by atoms with van der Waals surface area (Å²) in [5.74, 6) is 1.31. The van der Waals surface area contributed by atoms with Crippen LogP contribution in [0.15, 0.2) is 28.7 Å². The molecule has 1 nitrogen and oxygen atoms in total. The topological polar surface area (TPSA) is 17.1 Å². The van der Waals surface area contributed by atoms with Crippen LogP contribution in [0.2, 0.25) is 0 Å². The van der Waals surface area contributed by atoms with Gasteiger partial charge >= 0.3 is 0 Å². The van der Waals surface area contributed by atoms with Crippen molar-refractivity contribution in [3.8, 4) is 0 Å². The number of halogens is 1. The van der Waals surface area contributed by atoms with Gasteiger partial charge in [-0.15, -0.1) is 0 Å². The van der Waals surface area contributed by atoms with E-state index in [2.05, 4.69) is 34.1 Å². The summed E-state index contributed by atoms with van der Waals surface area (Å²) in [7, 11) is 0. The second kappa shape index (κ2) is 4.26. The van der Waals surface area contributed by atoms with Crippen molar-refractivity contribution in [2.24, 2.45) is 5.92 Å². The first-order valence-corrected chi connectivity index (χ1v) is 5.78. The molecule has 1 aromatic rings. The van der Waals surface area contributed by atoms with Crippen molar-refractivity contribution in [2.75, 3.05) is 0 Å². The van der Waals surface area contributed by atoms with E-state index in [0.717, 1.165) is 17.2 Å². The van der Waals surface area contributed by atoms with Crippen molar-refractivity contribution in [3.05, 3.63) is 34.3 Å². The van der Waals surface area contributed by atoms with Crippen LogP contribution in [0.3, 0.4) is 0 Å². The highest BCUT2D eigenvalue weighted by atomic mass is 79.9. The summed E-state index contributed by atoms with van der Waals surface area (Å²) in [4.78, 5) is 10.3. The van der Waals surface area contributed by atoms with Crippen molar-refractivity contribution < 1.29 is 4.79 Å². The minimum absolute atomic E-state index is 0.636. The Balaban J connectivity index is 1.96. The first-order chi connectivity index (χ1) is 6.79. The molecule has 1 fully saturated rings. The van der Waals surface area contributed by atoms with E-state index in [1.807, 2.05) is 6.07 Å². The summed E-state index contributed by atoms with van der Waals surface area (Å²) in [6.45, 7) is 0. The zero-order valence-corrected chi connectivity index (χ0v) is 9.53. The van der Waals surface area contributed by atoms with E-state index in [1.165, 1.54) is 18.4 Å². The Morgan fingerprint density at radius 1 is 1.43 bits per heavy atom. The summed E-state index contributed by atoms with van der Waals surface area (Å²) >= 11 is 3.47. The largest absolute Gasteiger partial charge is 0.303 e. The van der Waals surface area contributed by atoms with Crippen LogP contribution in [0.5, 0.6) is 0 Å². The van der Waals surface area contributed by atoms with E-state index < -0.39 is 0 Å². The molecule has 0 heterocycles. The molecule has 0 radical (unpaired) electrons. The van der Waals surface area contributed by atoms with Gasteiger partial charge < -0.3 is 4.79 Å². The number of carbonyl (C=O) groups is 1. The minimum atomic E-state index is 0.636. The van der Waals surface area contributed by atoms with Gasteiger partial charge in [0.25, 0.3) is 0 Å². The van der Waals surface area contributed by atoms with E-state index in [1.54, 1.807) is 0 Å². The Morgan fingerprint density at radius 3 is 2.86 bits per heavy atom. The van der Waals surface area contributed by atoms with Gasteiger partial charge in [0.1, 0.15) is 6.29 Å². The zero-order chi connectivity index (χ0) is 9.97. The number of hydrogen-bond donors (Lipinski definition) is 0. The molecular formula is C12H13BrO. The number of rotatable bonds is 3. The van der Waals surface area contributed by atoms with Crippen LogP contribution >= 0.6 is 15.9 Å². The van der Waals surface area contributed by atoms with Gasteiger partial charge in [-0.1, -0.05) is 28.1 Å². The van der Waals surface area contributed by atoms with Gasteiger partial charge in [0, 0.05) is 10.9 Å². The molecular weight excluding hydrogens is 240 g/mol. The molecule has 14 heavy (non-hydrogen) atoms. The molecule has 0 bridgehead atoms. The van der Waals surface area contributed by atoms with Crippen LogP contribution in [-0.4, -0.2) is 6.29 Å². The maximum Gasteiger partial charge on any atom is 0.120 e. The number of benzene rings is 1. The fraction of sp³-hybridized carbons (Fsp3) is 0.417. The lowest BCUT2D eigenvalue weighted by atomic mass is 9.70. The SMILES string of the molecule is O=CCC1CC(c2cccc(Br)c2)C1. The maximum atomic E-state index is 10.3. The van der Waals surface area contributed by atoms with Gasteiger partial charge in [-0.2, -0.15) is 0 Å². The molecule has 0 aromatic heterocycles. The minimum Gasteiger partial charge on any atom is -0.303 e. The number of carbonyl (C=O) groups excluding carboxylic acids is 1. The molecule has 2 rings (SSSR count). The van der Waals surface area contributed by atoms with E-state index in [0.29, 0.717) is 11.8 Å². The van der Waals surface area contributed by atoms with Crippen molar-refractivity contribution >= 4 is 22.2 Å². The van der Waals surface area contributed by atoms with Gasteiger partial charge in [0.2, 0.25) is 0 Å². The standard InChI is InChI=1S/C12H13BrO/c13-12-3-1-2-10(8-12)11-6-9(7-11)4-5-14/h1-3,5,8-9,11H,4,6-7H2. The van der Waals surface area contributed by atoms with Crippen molar-refractivity contribution in [1.82, 2.24) is 0 Å². The molecule has 0 N–H and O–H groups in total. The summed E-state index contributed by atoms with van der Waals surface area (Å²) in [5, 5.41) is 0. The second-order valence-corrected chi connectivity index (χ2v) is 4.91. The summed E-state index contributed by atoms with van der Waals surface area (Å²) < 4.78 is 1.15. The molecule has 2 heteroatoms. The summed E-state index contributed by atoms with van der Waals surface area (Å²) in [5.41, 5.74) is 1.40. The van der Waals surface area contributed by atoms with Gasteiger partial charge in [0.05, 0.1) is 0 Å². The molecule has 0 amide bonds. The monoisotopic (exact) mass is 252 g/mol. The smallest absolute Gasteiger partial charge is 0.120 e. The third-order valence-corrected chi connectivity index (χ3v) is 3.48. The first-order valence-electron chi connectivity index (χ1n) is 4.98. The molecule has 0 aliphatic heterocycles. The van der Waals surface area contributed by atoms with Gasteiger partial charge in [-0.25, -0.2) is 0 Å². The highest BCUT2D eigenvalue weighted by Gasteiger charge is 2.29. The quantitative estimate of drug-likeness (QED) is 0.753. The van der Waals surface area contributed by atoms with E-state index in [-0.39, 0.29) is 0 Å². The predicted octanol–water partition coefficient (Wildman–Crippen LogP) is 3.53. The van der Waals surface area contributed by atoms with Crippen molar-refractivity contribution in [3.63, 3.8) is 0 Å². The average molecular weight is 253 g/mol. The zero-order valence-electron chi connectivity index (χ0n) is 7.95. The highest BCUT2D eigenvalue weighted by molar-refractivity contribution is 9.10. The highest BCUT2D eigenvalue weighted by Crippen LogP contribution is 2.43. The van der Waals surface area contributed by atoms with Gasteiger partial charge in [-0.3, -0.25) is 0 Å². The molecule has 74 valence electrons. The third-order valence-electron chi connectivity index (χ3n) is 2.99. The summed E-state index contributed by atoms with van der Waals surface area (Å²) in [6.07, 6.45) is 4.14. The average Bonchev–Trinajstić information content (AvgIpc) is 2.10. The van der Waals surface area contributed by atoms with Crippen molar-refractivity contribution in [2.45, 2.75) is 25.2 Å². The Labute approximate surface area is 92.6 Å². The normalized spacial score (nSPS) is 25.5. The molecule has 0 unspecified atom stereocenters. The lowest BCUT2D eigenvalue weighted by molar-refractivity contribution is -0.109. The van der Waals surface area contributed by atoms with Crippen LogP contribution in [0.25, 0.3) is 0 Å². The summed E-state index contributed by atoms with van der Waals surface area (Å²) in [6, 6.07) is 8.48. The lowest BCUT2D eigenvalue weighted by Crippen LogP contribution is -2.22. The first kappa shape index (κ1) is 9.91. The van der Waals surface area contributed by atoms with Gasteiger partial charge in [-0.05, 0) is 42.4 Å². The fourth-order valence-corrected chi connectivity index (χ4v) is 2.51. The van der Waals surface area contributed by atoms with Crippen LogP contribution in [0.1, 0.15) is 30.7 Å². The van der Waals surface area contributed by atoms with Crippen LogP contribution in [-0.2, 0) is 4.79 Å². The van der Waals surface area contributed by atoms with Gasteiger partial charge in [0.15, 0.2) is 0 Å². The lowest BCUT2D eigenvalue weighted by Gasteiger charge is -2.34. The Morgan fingerprint density at radius 2 is 2.21 bits per heavy atom. The third kappa shape index (κ3) is 2.06. The second-order valence-electron chi connectivity index (χ2n) is 3.99. The van der Waals surface area contributed by atoms with Crippen LogP contribution in [0, 0.1) is 5.92 Å². The predicted molar refractivity (Wildman–Crippen MR) is 60.3 cm³/mol. The van der Waals surface area contributed by atoms with Crippen LogP contribution < -0.4 is 0 Å². The molecule has 1 aliphatic rings. The maximum absolute atomic E-state index is 10.3. The molecule has 0 saturated heterocycles. The van der Waals surface area contributed by atoms with E-state index in [9.17, 15) is 4.79 Å². The molecule has 1 aromatic carbocycles. The Bertz CT molecular complexity index is 329. The fourth-order valence-electron chi connectivity index (χ4n) is 2.10. The van der Waals surface area contributed by atoms with E-state index >= 15 is 0 Å². The Hall–Kier alpha value is -0.630. The molecule has 0 spiro atoms. The van der Waals surface area contributed by atoms with Crippen molar-refractivity contribution in [1.29, 1.82) is 0 Å². The Kier molecular flexibility index (Phi) is 3.02.